The number of nitrogens with zero attached hydrogens (tertiary/aromatic N) is 2. The van der Waals surface area contributed by atoms with Gasteiger partial charge in [0, 0.05) is 37.3 Å². The van der Waals surface area contributed by atoms with Gasteiger partial charge in [0.15, 0.2) is 0 Å². The van der Waals surface area contributed by atoms with Gasteiger partial charge in [0.05, 0.1) is 0 Å². The maximum atomic E-state index is 12.5. The van der Waals surface area contributed by atoms with Crippen molar-refractivity contribution in [1.29, 1.82) is 0 Å². The molecule has 0 bridgehead atoms. The molecular formula is C16H21N3O2. The van der Waals surface area contributed by atoms with E-state index in [2.05, 4.69) is 0 Å². The Labute approximate surface area is 124 Å². The average Bonchev–Trinajstić information content (AvgIpc) is 3.15. The van der Waals surface area contributed by atoms with Crippen molar-refractivity contribution < 1.29 is 9.59 Å². The summed E-state index contributed by atoms with van der Waals surface area (Å²) >= 11 is 0. The standard InChI is InChI=1S/C16H21N3O2/c17-10-12-6-8-18(11-12)16(21)13-3-1-4-14(9-13)19-7-2-5-15(19)20/h1,3-4,9,12H,2,5-8,10-11,17H2. The minimum Gasteiger partial charge on any atom is -0.338 e. The third kappa shape index (κ3) is 2.78. The molecule has 0 aliphatic carbocycles. The van der Waals surface area contributed by atoms with E-state index < -0.39 is 0 Å². The molecule has 1 aromatic rings. The van der Waals surface area contributed by atoms with Crippen molar-refractivity contribution in [2.45, 2.75) is 19.3 Å². The topological polar surface area (TPSA) is 66.6 Å². The summed E-state index contributed by atoms with van der Waals surface area (Å²) in [6, 6.07) is 7.40. The highest BCUT2D eigenvalue weighted by Crippen LogP contribution is 2.24. The summed E-state index contributed by atoms with van der Waals surface area (Å²) in [4.78, 5) is 28.0. The number of carbonyl (C=O) groups excluding carboxylic acids is 2. The highest BCUT2D eigenvalue weighted by molar-refractivity contribution is 5.99. The van der Waals surface area contributed by atoms with E-state index in [9.17, 15) is 9.59 Å². The molecule has 2 aliphatic rings. The van der Waals surface area contributed by atoms with Gasteiger partial charge in [0.1, 0.15) is 0 Å². The Morgan fingerprint density at radius 1 is 1.33 bits per heavy atom. The molecule has 2 saturated heterocycles. The Hall–Kier alpha value is -1.88. The van der Waals surface area contributed by atoms with Crippen LogP contribution in [0.3, 0.4) is 0 Å². The van der Waals surface area contributed by atoms with Crippen molar-refractivity contribution >= 4 is 17.5 Å². The number of amides is 2. The van der Waals surface area contributed by atoms with Crippen LogP contribution in [0.1, 0.15) is 29.6 Å². The van der Waals surface area contributed by atoms with E-state index in [4.69, 9.17) is 5.73 Å². The number of likely N-dealkylation sites (tertiary alicyclic amines) is 1. The fourth-order valence-electron chi connectivity index (χ4n) is 3.12. The second-order valence-electron chi connectivity index (χ2n) is 5.84. The molecule has 2 N–H and O–H groups in total. The molecule has 2 amide bonds. The van der Waals surface area contributed by atoms with Crippen LogP contribution in [-0.2, 0) is 4.79 Å². The largest absolute Gasteiger partial charge is 0.338 e. The molecule has 112 valence electrons. The summed E-state index contributed by atoms with van der Waals surface area (Å²) in [5.74, 6) is 0.598. The Morgan fingerprint density at radius 2 is 2.19 bits per heavy atom. The van der Waals surface area contributed by atoms with Gasteiger partial charge in [-0.15, -0.1) is 0 Å². The fraction of sp³-hybridized carbons (Fsp3) is 0.500. The lowest BCUT2D eigenvalue weighted by Crippen LogP contribution is -2.30. The first kappa shape index (κ1) is 14.1. The lowest BCUT2D eigenvalue weighted by atomic mass is 10.1. The van der Waals surface area contributed by atoms with Crippen molar-refractivity contribution in [3.05, 3.63) is 29.8 Å². The van der Waals surface area contributed by atoms with Gasteiger partial charge in [-0.25, -0.2) is 0 Å². The SMILES string of the molecule is NCC1CCN(C(=O)c2cccc(N3CCCC3=O)c2)C1. The number of carbonyl (C=O) groups is 2. The first-order valence-corrected chi connectivity index (χ1v) is 7.59. The molecular weight excluding hydrogens is 266 g/mol. The molecule has 5 nitrogen and oxygen atoms in total. The van der Waals surface area contributed by atoms with Gasteiger partial charge >= 0.3 is 0 Å². The first-order valence-electron chi connectivity index (χ1n) is 7.59. The monoisotopic (exact) mass is 287 g/mol. The van der Waals surface area contributed by atoms with Crippen LogP contribution in [-0.4, -0.2) is 42.9 Å². The van der Waals surface area contributed by atoms with Crippen LogP contribution >= 0.6 is 0 Å². The number of benzene rings is 1. The molecule has 2 fully saturated rings. The van der Waals surface area contributed by atoms with E-state index in [0.717, 1.165) is 38.2 Å². The molecule has 21 heavy (non-hydrogen) atoms. The lowest BCUT2D eigenvalue weighted by Gasteiger charge is -2.19. The average molecular weight is 287 g/mol. The highest BCUT2D eigenvalue weighted by atomic mass is 16.2. The number of hydrogen-bond acceptors (Lipinski definition) is 3. The van der Waals surface area contributed by atoms with Crippen molar-refractivity contribution in [2.24, 2.45) is 11.7 Å². The maximum Gasteiger partial charge on any atom is 0.253 e. The third-order valence-electron chi connectivity index (χ3n) is 4.38. The lowest BCUT2D eigenvalue weighted by molar-refractivity contribution is -0.117. The number of rotatable bonds is 3. The Kier molecular flexibility index (Phi) is 3.92. The molecule has 0 saturated carbocycles. The normalized spacial score (nSPS) is 22.1. The highest BCUT2D eigenvalue weighted by Gasteiger charge is 2.27. The smallest absolute Gasteiger partial charge is 0.253 e. The van der Waals surface area contributed by atoms with Crippen LogP contribution in [0.25, 0.3) is 0 Å². The zero-order chi connectivity index (χ0) is 14.8. The Balaban J connectivity index is 1.76. The van der Waals surface area contributed by atoms with Crippen LogP contribution in [0.15, 0.2) is 24.3 Å². The number of hydrogen-bond donors (Lipinski definition) is 1. The minimum atomic E-state index is 0.0412. The number of nitrogens with two attached hydrogens (primary N) is 1. The van der Waals surface area contributed by atoms with Crippen molar-refractivity contribution in [3.63, 3.8) is 0 Å². The predicted molar refractivity (Wildman–Crippen MR) is 81.1 cm³/mol. The van der Waals surface area contributed by atoms with Crippen LogP contribution < -0.4 is 10.6 Å². The van der Waals surface area contributed by atoms with E-state index >= 15 is 0 Å². The van der Waals surface area contributed by atoms with Crippen molar-refractivity contribution in [1.82, 2.24) is 4.90 Å². The van der Waals surface area contributed by atoms with Crippen LogP contribution in [0.4, 0.5) is 5.69 Å². The zero-order valence-electron chi connectivity index (χ0n) is 12.1. The van der Waals surface area contributed by atoms with Gasteiger partial charge < -0.3 is 15.5 Å². The number of anilines is 1. The molecule has 1 aromatic carbocycles. The van der Waals surface area contributed by atoms with Crippen LogP contribution in [0.2, 0.25) is 0 Å². The second-order valence-corrected chi connectivity index (χ2v) is 5.84. The predicted octanol–water partition coefficient (Wildman–Crippen LogP) is 1.23. The molecule has 2 aliphatic heterocycles. The molecule has 0 aromatic heterocycles. The minimum absolute atomic E-state index is 0.0412. The zero-order valence-corrected chi connectivity index (χ0v) is 12.1. The van der Waals surface area contributed by atoms with Crippen LogP contribution in [0, 0.1) is 5.92 Å². The van der Waals surface area contributed by atoms with Gasteiger partial charge in [-0.05, 0) is 43.5 Å². The summed E-state index contributed by atoms with van der Waals surface area (Å²) in [6.45, 7) is 2.89. The van der Waals surface area contributed by atoms with Gasteiger partial charge in [-0.1, -0.05) is 6.07 Å². The van der Waals surface area contributed by atoms with Gasteiger partial charge in [0.2, 0.25) is 5.91 Å². The van der Waals surface area contributed by atoms with Gasteiger partial charge in [0.25, 0.3) is 5.91 Å². The van der Waals surface area contributed by atoms with Crippen molar-refractivity contribution in [2.75, 3.05) is 31.1 Å². The Morgan fingerprint density at radius 3 is 2.86 bits per heavy atom. The molecule has 1 atom stereocenters. The van der Waals surface area contributed by atoms with E-state index in [1.807, 2.05) is 29.2 Å². The van der Waals surface area contributed by atoms with Gasteiger partial charge in [-0.2, -0.15) is 0 Å². The van der Waals surface area contributed by atoms with E-state index in [1.165, 1.54) is 0 Å². The molecule has 5 heteroatoms. The maximum absolute atomic E-state index is 12.5. The Bertz CT molecular complexity index is 558. The summed E-state index contributed by atoms with van der Waals surface area (Å²) in [7, 11) is 0. The van der Waals surface area contributed by atoms with E-state index in [0.29, 0.717) is 24.4 Å². The molecule has 1 unspecified atom stereocenters. The molecule has 0 spiro atoms. The quantitative estimate of drug-likeness (QED) is 0.909. The summed E-state index contributed by atoms with van der Waals surface area (Å²) in [5.41, 5.74) is 7.16. The summed E-state index contributed by atoms with van der Waals surface area (Å²) < 4.78 is 0. The van der Waals surface area contributed by atoms with Gasteiger partial charge in [-0.3, -0.25) is 9.59 Å². The van der Waals surface area contributed by atoms with Crippen LogP contribution in [0.5, 0.6) is 0 Å². The summed E-state index contributed by atoms with van der Waals surface area (Å²) in [6.07, 6.45) is 2.47. The molecule has 0 radical (unpaired) electrons. The second kappa shape index (κ2) is 5.85. The molecule has 2 heterocycles. The first-order chi connectivity index (χ1) is 10.2. The van der Waals surface area contributed by atoms with E-state index in [-0.39, 0.29) is 11.8 Å². The van der Waals surface area contributed by atoms with E-state index in [1.54, 1.807) is 4.90 Å². The third-order valence-corrected chi connectivity index (χ3v) is 4.38. The van der Waals surface area contributed by atoms with Crippen molar-refractivity contribution in [3.8, 4) is 0 Å². The molecule has 3 rings (SSSR count). The summed E-state index contributed by atoms with van der Waals surface area (Å²) in [5, 5.41) is 0. The fourth-order valence-corrected chi connectivity index (χ4v) is 3.12.